The summed E-state index contributed by atoms with van der Waals surface area (Å²) >= 11 is 12.7. The topological polar surface area (TPSA) is 60.0 Å². The van der Waals surface area contributed by atoms with E-state index in [0.29, 0.717) is 31.5 Å². The van der Waals surface area contributed by atoms with Gasteiger partial charge in [0.2, 0.25) is 5.75 Å². The third-order valence-corrected chi connectivity index (χ3v) is 6.10. The summed E-state index contributed by atoms with van der Waals surface area (Å²) in [6.07, 6.45) is 1.76. The minimum atomic E-state index is -0.175. The van der Waals surface area contributed by atoms with Gasteiger partial charge in [-0.3, -0.25) is 9.69 Å². The maximum Gasteiger partial charge on any atom is 0.267 e. The van der Waals surface area contributed by atoms with Crippen LogP contribution in [0, 0.1) is 6.92 Å². The first-order chi connectivity index (χ1) is 14.4. The monoisotopic (exact) mass is 464 g/mol. The fourth-order valence-electron chi connectivity index (χ4n) is 2.92. The fraction of sp³-hybridized carbons (Fsp3) is 0.238. The minimum Gasteiger partial charge on any atom is -0.493 e. The van der Waals surface area contributed by atoms with Crippen molar-refractivity contribution in [2.24, 2.45) is 0 Å². The van der Waals surface area contributed by atoms with Gasteiger partial charge in [-0.2, -0.15) is 0 Å². The van der Waals surface area contributed by atoms with Gasteiger partial charge in [-0.05, 0) is 48.4 Å². The van der Waals surface area contributed by atoms with Crippen molar-refractivity contribution in [1.29, 1.82) is 0 Å². The number of methoxy groups -OCH3 is 3. The van der Waals surface area contributed by atoms with E-state index < -0.39 is 0 Å². The van der Waals surface area contributed by atoms with Crippen LogP contribution in [0.15, 0.2) is 35.2 Å². The third kappa shape index (κ3) is 4.66. The number of carbonyl (C=O) groups excluding carboxylic acids is 1. The molecule has 0 radical (unpaired) electrons. The molecule has 0 aliphatic carbocycles. The molecule has 0 bridgehead atoms. The summed E-state index contributed by atoms with van der Waals surface area (Å²) in [7, 11) is 4.63. The van der Waals surface area contributed by atoms with Crippen LogP contribution in [0.25, 0.3) is 6.08 Å². The lowest BCUT2D eigenvalue weighted by Crippen LogP contribution is -2.33. The maximum absolute atomic E-state index is 12.9. The Kier molecular flexibility index (Phi) is 7.12. The Morgan fingerprint density at radius 3 is 2.40 bits per heavy atom. The van der Waals surface area contributed by atoms with Crippen LogP contribution in [0.2, 0.25) is 5.02 Å². The lowest BCUT2D eigenvalue weighted by atomic mass is 10.1. The number of nitrogens with one attached hydrogen (secondary N) is 1. The van der Waals surface area contributed by atoms with Crippen LogP contribution < -0.4 is 19.5 Å². The first-order valence-electron chi connectivity index (χ1n) is 8.93. The van der Waals surface area contributed by atoms with E-state index in [-0.39, 0.29) is 12.6 Å². The summed E-state index contributed by atoms with van der Waals surface area (Å²) in [6.45, 7) is 2.21. The number of carbonyl (C=O) groups is 1. The van der Waals surface area contributed by atoms with Gasteiger partial charge in [-0.1, -0.05) is 41.6 Å². The first-order valence-corrected chi connectivity index (χ1v) is 10.5. The molecule has 1 heterocycles. The van der Waals surface area contributed by atoms with E-state index in [4.69, 9.17) is 38.0 Å². The van der Waals surface area contributed by atoms with Gasteiger partial charge in [0.05, 0.1) is 32.9 Å². The highest BCUT2D eigenvalue weighted by molar-refractivity contribution is 8.26. The van der Waals surface area contributed by atoms with Crippen LogP contribution in [0.3, 0.4) is 0 Å². The van der Waals surface area contributed by atoms with Crippen LogP contribution in [0.1, 0.15) is 11.1 Å². The quantitative estimate of drug-likeness (QED) is 0.459. The molecule has 0 saturated carbocycles. The van der Waals surface area contributed by atoms with Gasteiger partial charge in [0, 0.05) is 10.7 Å². The molecular formula is C21H21ClN2O4S2. The van der Waals surface area contributed by atoms with Gasteiger partial charge in [-0.25, -0.2) is 0 Å². The molecule has 1 N–H and O–H groups in total. The molecule has 3 rings (SSSR count). The second kappa shape index (κ2) is 9.59. The van der Waals surface area contributed by atoms with E-state index in [0.717, 1.165) is 16.8 Å². The van der Waals surface area contributed by atoms with Crippen molar-refractivity contribution in [3.63, 3.8) is 0 Å². The number of amides is 1. The summed E-state index contributed by atoms with van der Waals surface area (Å²) in [6, 6.07) is 9.12. The molecule has 0 atom stereocenters. The van der Waals surface area contributed by atoms with E-state index >= 15 is 0 Å². The fourth-order valence-corrected chi connectivity index (χ4v) is 4.35. The van der Waals surface area contributed by atoms with Gasteiger partial charge in [0.15, 0.2) is 11.5 Å². The number of thiocarbonyl (C=S) groups is 1. The molecular weight excluding hydrogens is 444 g/mol. The summed E-state index contributed by atoms with van der Waals surface area (Å²) in [5, 5.41) is 3.85. The van der Waals surface area contributed by atoms with E-state index in [1.165, 1.54) is 16.7 Å². The molecule has 0 spiro atoms. The van der Waals surface area contributed by atoms with Crippen molar-refractivity contribution in [2.75, 3.05) is 33.3 Å². The zero-order valence-electron chi connectivity index (χ0n) is 16.9. The number of nitrogens with zero attached hydrogens (tertiary/aromatic N) is 1. The third-order valence-electron chi connectivity index (χ3n) is 4.49. The highest BCUT2D eigenvalue weighted by atomic mass is 35.5. The largest absolute Gasteiger partial charge is 0.493 e. The number of aryl methyl sites for hydroxylation is 1. The Hall–Kier alpha value is -2.42. The molecule has 0 unspecified atom stereocenters. The molecule has 2 aromatic rings. The number of benzene rings is 2. The molecule has 158 valence electrons. The first kappa shape index (κ1) is 22.3. The molecule has 1 amide bonds. The SMILES string of the molecule is COc1cc(C=C2SC(=S)N(CNc3cc(Cl)ccc3C)C2=O)cc(OC)c1OC. The van der Waals surface area contributed by atoms with Crippen molar-refractivity contribution >= 4 is 57.6 Å². The molecule has 30 heavy (non-hydrogen) atoms. The van der Waals surface area contributed by atoms with Gasteiger partial charge >= 0.3 is 0 Å². The number of rotatable bonds is 7. The number of halogens is 1. The zero-order chi connectivity index (χ0) is 21.8. The van der Waals surface area contributed by atoms with Crippen molar-refractivity contribution < 1.29 is 19.0 Å². The standard InChI is InChI=1S/C21H21ClN2O4S2/c1-12-5-6-14(22)10-15(12)23-11-24-20(25)18(30-21(24)29)9-13-7-16(26-2)19(28-4)17(8-13)27-3/h5-10,23H,11H2,1-4H3. The number of anilines is 1. The van der Waals surface area contributed by atoms with Crippen LogP contribution in [0.5, 0.6) is 17.2 Å². The van der Waals surface area contributed by atoms with Crippen LogP contribution in [-0.4, -0.2) is 43.1 Å². The van der Waals surface area contributed by atoms with E-state index in [1.807, 2.05) is 25.1 Å². The Morgan fingerprint density at radius 1 is 1.13 bits per heavy atom. The Morgan fingerprint density at radius 2 is 1.80 bits per heavy atom. The highest BCUT2D eigenvalue weighted by Gasteiger charge is 2.32. The van der Waals surface area contributed by atoms with Crippen LogP contribution >= 0.6 is 35.6 Å². The average molecular weight is 465 g/mol. The number of ether oxygens (including phenoxy) is 3. The highest BCUT2D eigenvalue weighted by Crippen LogP contribution is 2.40. The lowest BCUT2D eigenvalue weighted by molar-refractivity contribution is -0.121. The maximum atomic E-state index is 12.9. The van der Waals surface area contributed by atoms with Gasteiger partial charge in [0.25, 0.3) is 5.91 Å². The molecule has 1 aliphatic rings. The van der Waals surface area contributed by atoms with E-state index in [9.17, 15) is 4.79 Å². The van der Waals surface area contributed by atoms with E-state index in [2.05, 4.69) is 5.32 Å². The molecule has 1 saturated heterocycles. The normalized spacial score (nSPS) is 15.0. The smallest absolute Gasteiger partial charge is 0.267 e. The van der Waals surface area contributed by atoms with Crippen molar-refractivity contribution in [1.82, 2.24) is 4.90 Å². The lowest BCUT2D eigenvalue weighted by Gasteiger charge is -2.17. The van der Waals surface area contributed by atoms with Crippen molar-refractivity contribution in [2.45, 2.75) is 6.92 Å². The van der Waals surface area contributed by atoms with Gasteiger partial charge in [-0.15, -0.1) is 0 Å². The minimum absolute atomic E-state index is 0.175. The van der Waals surface area contributed by atoms with Crippen LogP contribution in [-0.2, 0) is 4.79 Å². The number of hydrogen-bond donors (Lipinski definition) is 1. The molecule has 6 nitrogen and oxygen atoms in total. The summed E-state index contributed by atoms with van der Waals surface area (Å²) in [5.74, 6) is 1.34. The second-order valence-electron chi connectivity index (χ2n) is 6.36. The molecule has 0 aromatic heterocycles. The Balaban J connectivity index is 1.82. The van der Waals surface area contributed by atoms with Crippen LogP contribution in [0.4, 0.5) is 5.69 Å². The molecule has 9 heteroatoms. The molecule has 1 fully saturated rings. The Bertz CT molecular complexity index is 1000. The average Bonchev–Trinajstić information content (AvgIpc) is 3.00. The molecule has 2 aromatic carbocycles. The van der Waals surface area contributed by atoms with Crippen molar-refractivity contribution in [3.05, 3.63) is 51.4 Å². The zero-order valence-corrected chi connectivity index (χ0v) is 19.3. The second-order valence-corrected chi connectivity index (χ2v) is 8.47. The predicted octanol–water partition coefficient (Wildman–Crippen LogP) is 4.95. The molecule has 1 aliphatic heterocycles. The number of thioether (sulfide) groups is 1. The van der Waals surface area contributed by atoms with E-state index in [1.54, 1.807) is 39.5 Å². The summed E-state index contributed by atoms with van der Waals surface area (Å²) in [5.41, 5.74) is 2.62. The predicted molar refractivity (Wildman–Crippen MR) is 126 cm³/mol. The Labute approximate surface area is 190 Å². The number of hydrogen-bond acceptors (Lipinski definition) is 7. The van der Waals surface area contributed by atoms with Gasteiger partial charge in [0.1, 0.15) is 4.32 Å². The van der Waals surface area contributed by atoms with Gasteiger partial charge < -0.3 is 19.5 Å². The summed E-state index contributed by atoms with van der Waals surface area (Å²) < 4.78 is 16.6. The van der Waals surface area contributed by atoms with Crippen molar-refractivity contribution in [3.8, 4) is 17.2 Å². The summed E-state index contributed by atoms with van der Waals surface area (Å²) in [4.78, 5) is 15.0.